The molecule has 0 aromatic carbocycles. The molecule has 0 radical (unpaired) electrons. The lowest BCUT2D eigenvalue weighted by molar-refractivity contribution is -0.149. The molecule has 0 unspecified atom stereocenters. The van der Waals surface area contributed by atoms with Gasteiger partial charge in [0.1, 0.15) is 6.04 Å². The summed E-state index contributed by atoms with van der Waals surface area (Å²) < 4.78 is 0. The lowest BCUT2D eigenvalue weighted by atomic mass is 10.1. The number of aliphatic carboxylic acids is 2. The van der Waals surface area contributed by atoms with Gasteiger partial charge in [0.25, 0.3) is 5.78 Å². The van der Waals surface area contributed by atoms with Crippen LogP contribution >= 0.6 is 0 Å². The van der Waals surface area contributed by atoms with Gasteiger partial charge in [-0.25, -0.2) is 4.79 Å². The molecule has 90 valence electrons. The van der Waals surface area contributed by atoms with Crippen molar-refractivity contribution >= 4 is 23.6 Å². The molecule has 8 heteroatoms. The Hall–Kier alpha value is -1.96. The van der Waals surface area contributed by atoms with Crippen molar-refractivity contribution in [3.8, 4) is 0 Å². The van der Waals surface area contributed by atoms with Gasteiger partial charge in [0.2, 0.25) is 5.91 Å². The Kier molecular flexibility index (Phi) is 5.71. The molecule has 16 heavy (non-hydrogen) atoms. The third-order valence-electron chi connectivity index (χ3n) is 1.73. The Labute approximate surface area is 90.4 Å². The summed E-state index contributed by atoms with van der Waals surface area (Å²) in [6.45, 7) is -0.606. The lowest BCUT2D eigenvalue weighted by Gasteiger charge is -2.11. The van der Waals surface area contributed by atoms with Crippen LogP contribution in [0, 0.1) is 0 Å². The predicted octanol–water partition coefficient (Wildman–Crippen LogP) is -2.05. The van der Waals surface area contributed by atoms with Gasteiger partial charge in [-0.3, -0.25) is 19.7 Å². The molecule has 8 nitrogen and oxygen atoms in total. The van der Waals surface area contributed by atoms with Crippen LogP contribution < -0.4 is 11.1 Å². The Bertz CT molecular complexity index is 314. The second-order valence-corrected chi connectivity index (χ2v) is 3.01. The minimum atomic E-state index is -1.65. The van der Waals surface area contributed by atoms with Crippen molar-refractivity contribution in [1.29, 1.82) is 0 Å². The molecular formula is C8H12N2O6. The fourth-order valence-corrected chi connectivity index (χ4v) is 0.891. The van der Waals surface area contributed by atoms with Crippen LogP contribution in [0.2, 0.25) is 0 Å². The predicted molar refractivity (Wildman–Crippen MR) is 50.5 cm³/mol. The fourth-order valence-electron chi connectivity index (χ4n) is 0.891. The molecule has 0 saturated carbocycles. The van der Waals surface area contributed by atoms with Crippen molar-refractivity contribution in [2.75, 3.05) is 6.54 Å². The number of rotatable bonds is 8. The molecule has 1 amide bonds. The molecule has 0 heterocycles. The second-order valence-electron chi connectivity index (χ2n) is 3.01. The molecule has 0 rings (SSSR count). The minimum absolute atomic E-state index is 0.0996. The molecule has 0 fully saturated rings. The van der Waals surface area contributed by atoms with E-state index in [1.165, 1.54) is 0 Å². The van der Waals surface area contributed by atoms with Crippen LogP contribution in [0.25, 0.3) is 0 Å². The van der Waals surface area contributed by atoms with Crippen molar-refractivity contribution in [3.63, 3.8) is 0 Å². The van der Waals surface area contributed by atoms with E-state index in [0.717, 1.165) is 0 Å². The van der Waals surface area contributed by atoms with Gasteiger partial charge >= 0.3 is 11.9 Å². The number of carboxylic acids is 2. The summed E-state index contributed by atoms with van der Waals surface area (Å²) in [4.78, 5) is 41.8. The highest BCUT2D eigenvalue weighted by atomic mass is 16.4. The van der Waals surface area contributed by atoms with E-state index in [0.29, 0.717) is 0 Å². The number of amides is 1. The quantitative estimate of drug-likeness (QED) is 0.352. The molecule has 0 aliphatic carbocycles. The maximum Gasteiger partial charge on any atom is 0.373 e. The summed E-state index contributed by atoms with van der Waals surface area (Å²) in [5.41, 5.74) is 4.82. The van der Waals surface area contributed by atoms with Crippen LogP contribution in [0.15, 0.2) is 0 Å². The molecule has 0 aliphatic rings. The maximum absolute atomic E-state index is 10.7. The Balaban J connectivity index is 4.14. The Morgan fingerprint density at radius 2 is 1.75 bits per heavy atom. The zero-order valence-electron chi connectivity index (χ0n) is 8.30. The average molecular weight is 232 g/mol. The van der Waals surface area contributed by atoms with E-state index in [9.17, 15) is 19.2 Å². The molecule has 0 spiro atoms. The van der Waals surface area contributed by atoms with Gasteiger partial charge in [-0.05, 0) is 6.42 Å². The minimum Gasteiger partial charge on any atom is -0.480 e. The van der Waals surface area contributed by atoms with Crippen LogP contribution in [0.3, 0.4) is 0 Å². The number of hydrogen-bond acceptors (Lipinski definition) is 5. The van der Waals surface area contributed by atoms with Gasteiger partial charge in [0.05, 0.1) is 6.54 Å². The molecule has 1 atom stereocenters. The molecule has 0 saturated heterocycles. The lowest BCUT2D eigenvalue weighted by Crippen LogP contribution is -2.41. The summed E-state index contributed by atoms with van der Waals surface area (Å²) in [7, 11) is 0. The number of ketones is 1. The number of carbonyl (C=O) groups excluding carboxylic acids is 2. The first-order valence-corrected chi connectivity index (χ1v) is 4.35. The maximum atomic E-state index is 10.7. The van der Waals surface area contributed by atoms with Crippen LogP contribution in [-0.4, -0.2) is 46.4 Å². The monoisotopic (exact) mass is 232 g/mol. The number of hydrogen-bond donors (Lipinski definition) is 4. The molecule has 0 aromatic rings. The van der Waals surface area contributed by atoms with E-state index in [1.54, 1.807) is 0 Å². The molecule has 0 bridgehead atoms. The van der Waals surface area contributed by atoms with Crippen molar-refractivity contribution < 1.29 is 29.4 Å². The normalized spacial score (nSPS) is 11.8. The number of nitrogens with one attached hydrogen (secondary N) is 1. The van der Waals surface area contributed by atoms with Crippen LogP contribution in [-0.2, 0) is 19.2 Å². The summed E-state index contributed by atoms with van der Waals surface area (Å²) in [5.74, 6) is -4.74. The first-order chi connectivity index (χ1) is 7.34. The first-order valence-electron chi connectivity index (χ1n) is 4.35. The SMILES string of the molecule is NC(=O)CC[C@H](NCC(=O)C(=O)O)C(=O)O. The number of carbonyl (C=O) groups is 4. The van der Waals surface area contributed by atoms with E-state index >= 15 is 0 Å². The summed E-state index contributed by atoms with van der Waals surface area (Å²) in [6.07, 6.45) is -0.261. The third-order valence-corrected chi connectivity index (χ3v) is 1.73. The van der Waals surface area contributed by atoms with Gasteiger partial charge < -0.3 is 15.9 Å². The molecule has 0 aliphatic heterocycles. The van der Waals surface area contributed by atoms with Crippen molar-refractivity contribution in [2.45, 2.75) is 18.9 Å². The van der Waals surface area contributed by atoms with Gasteiger partial charge in [-0.1, -0.05) is 0 Å². The second kappa shape index (κ2) is 6.51. The summed E-state index contributed by atoms with van der Waals surface area (Å²) in [6, 6.07) is -1.17. The summed E-state index contributed by atoms with van der Waals surface area (Å²) in [5, 5.41) is 19.1. The summed E-state index contributed by atoms with van der Waals surface area (Å²) >= 11 is 0. The van der Waals surface area contributed by atoms with Crippen LogP contribution in [0.5, 0.6) is 0 Å². The van der Waals surface area contributed by atoms with Crippen molar-refractivity contribution in [3.05, 3.63) is 0 Å². The molecular weight excluding hydrogens is 220 g/mol. The van der Waals surface area contributed by atoms with E-state index in [2.05, 4.69) is 5.32 Å². The van der Waals surface area contributed by atoms with Crippen molar-refractivity contribution in [2.24, 2.45) is 5.73 Å². The zero-order valence-corrected chi connectivity index (χ0v) is 8.30. The number of Topliss-reactive ketones (excluding diaryl/α,β-unsaturated/α-hetero) is 1. The average Bonchev–Trinajstić information content (AvgIpc) is 2.15. The highest BCUT2D eigenvalue weighted by Gasteiger charge is 2.20. The van der Waals surface area contributed by atoms with Gasteiger partial charge in [-0.15, -0.1) is 0 Å². The highest BCUT2D eigenvalue weighted by molar-refractivity contribution is 6.33. The topological polar surface area (TPSA) is 147 Å². The Morgan fingerprint density at radius 1 is 1.19 bits per heavy atom. The number of carboxylic acid groups (broad SMARTS) is 2. The zero-order chi connectivity index (χ0) is 12.7. The van der Waals surface area contributed by atoms with Gasteiger partial charge in [-0.2, -0.15) is 0 Å². The van der Waals surface area contributed by atoms with Crippen LogP contribution in [0.1, 0.15) is 12.8 Å². The highest BCUT2D eigenvalue weighted by Crippen LogP contribution is 1.96. The van der Waals surface area contributed by atoms with E-state index in [1.807, 2.05) is 0 Å². The van der Waals surface area contributed by atoms with E-state index in [4.69, 9.17) is 15.9 Å². The standard InChI is InChI=1S/C8H12N2O6/c9-6(12)2-1-4(7(13)14)10-3-5(11)8(15)16/h4,10H,1-3H2,(H2,9,12)(H,13,14)(H,15,16)/t4-/m0/s1. The number of primary amides is 1. The number of nitrogens with two attached hydrogens (primary N) is 1. The molecule has 5 N–H and O–H groups in total. The van der Waals surface area contributed by atoms with Gasteiger partial charge in [0, 0.05) is 6.42 Å². The fraction of sp³-hybridized carbons (Fsp3) is 0.500. The van der Waals surface area contributed by atoms with E-state index in [-0.39, 0.29) is 12.8 Å². The third kappa shape index (κ3) is 5.70. The first kappa shape index (κ1) is 14.0. The van der Waals surface area contributed by atoms with Crippen molar-refractivity contribution in [1.82, 2.24) is 5.32 Å². The van der Waals surface area contributed by atoms with Crippen LogP contribution in [0.4, 0.5) is 0 Å². The Morgan fingerprint density at radius 3 is 2.12 bits per heavy atom. The smallest absolute Gasteiger partial charge is 0.373 e. The largest absolute Gasteiger partial charge is 0.480 e. The molecule has 0 aromatic heterocycles. The van der Waals surface area contributed by atoms with E-state index < -0.39 is 36.2 Å². The van der Waals surface area contributed by atoms with Gasteiger partial charge in [0.15, 0.2) is 0 Å².